The van der Waals surface area contributed by atoms with E-state index in [9.17, 15) is 9.18 Å². The topological polar surface area (TPSA) is 44.4 Å². The van der Waals surface area contributed by atoms with Crippen molar-refractivity contribution in [2.45, 2.75) is 6.04 Å². The van der Waals surface area contributed by atoms with Crippen molar-refractivity contribution in [3.63, 3.8) is 0 Å². The molecule has 0 radical (unpaired) electrons. The average molecular weight is 253 g/mol. The molecular weight excluding hydrogens is 233 g/mol. The number of nitrogens with zero attached hydrogens (tertiary/aromatic N) is 1. The second kappa shape index (κ2) is 7.08. The van der Waals surface area contributed by atoms with Gasteiger partial charge in [0.15, 0.2) is 0 Å². The molecule has 0 aromatic heterocycles. The minimum atomic E-state index is -0.254. The van der Waals surface area contributed by atoms with Crippen molar-refractivity contribution in [2.75, 3.05) is 34.2 Å². The van der Waals surface area contributed by atoms with Crippen molar-refractivity contribution >= 4 is 5.91 Å². The Morgan fingerprint density at radius 2 is 1.94 bits per heavy atom. The van der Waals surface area contributed by atoms with Crippen LogP contribution in [0.15, 0.2) is 24.3 Å². The Balaban J connectivity index is 2.65. The minimum absolute atomic E-state index is 0.0337. The second-order valence-electron chi connectivity index (χ2n) is 4.37. The number of nitrogens with one attached hydrogen (secondary N) is 2. The molecule has 2 N–H and O–H groups in total. The van der Waals surface area contributed by atoms with Crippen LogP contribution in [-0.4, -0.2) is 45.0 Å². The standard InChI is InChI=1S/C13H20FN3O/c1-15-9-13(18)16-8-12(17(2)3)10-4-6-11(14)7-5-10/h4-7,12,15H,8-9H2,1-3H3,(H,16,18). The van der Waals surface area contributed by atoms with Gasteiger partial charge >= 0.3 is 0 Å². The summed E-state index contributed by atoms with van der Waals surface area (Å²) in [4.78, 5) is 13.4. The van der Waals surface area contributed by atoms with Crippen LogP contribution < -0.4 is 10.6 Å². The first-order valence-electron chi connectivity index (χ1n) is 5.87. The zero-order chi connectivity index (χ0) is 13.5. The van der Waals surface area contributed by atoms with Crippen molar-refractivity contribution in [2.24, 2.45) is 0 Å². The van der Waals surface area contributed by atoms with Gasteiger partial charge in [-0.15, -0.1) is 0 Å². The normalized spacial score (nSPS) is 12.5. The summed E-state index contributed by atoms with van der Waals surface area (Å²) in [5.41, 5.74) is 0.978. The second-order valence-corrected chi connectivity index (χ2v) is 4.37. The van der Waals surface area contributed by atoms with E-state index in [0.717, 1.165) is 5.56 Å². The van der Waals surface area contributed by atoms with Crippen LogP contribution in [0.1, 0.15) is 11.6 Å². The molecule has 0 heterocycles. The molecular formula is C13H20FN3O. The summed E-state index contributed by atoms with van der Waals surface area (Å²) in [5, 5.41) is 5.63. The quantitative estimate of drug-likeness (QED) is 0.787. The zero-order valence-electron chi connectivity index (χ0n) is 11.0. The maximum Gasteiger partial charge on any atom is 0.234 e. The van der Waals surface area contributed by atoms with E-state index in [1.807, 2.05) is 19.0 Å². The van der Waals surface area contributed by atoms with Gasteiger partial charge in [0.25, 0.3) is 0 Å². The van der Waals surface area contributed by atoms with Gasteiger partial charge in [-0.3, -0.25) is 4.79 Å². The van der Waals surface area contributed by atoms with Crippen molar-refractivity contribution in [1.82, 2.24) is 15.5 Å². The van der Waals surface area contributed by atoms with Gasteiger partial charge in [0.2, 0.25) is 5.91 Å². The van der Waals surface area contributed by atoms with Gasteiger partial charge in [0.05, 0.1) is 12.6 Å². The first-order chi connectivity index (χ1) is 8.54. The Morgan fingerprint density at radius 3 is 2.44 bits per heavy atom. The van der Waals surface area contributed by atoms with Crippen LogP contribution >= 0.6 is 0 Å². The largest absolute Gasteiger partial charge is 0.353 e. The van der Waals surface area contributed by atoms with E-state index in [1.165, 1.54) is 12.1 Å². The Hall–Kier alpha value is -1.46. The number of rotatable bonds is 6. The van der Waals surface area contributed by atoms with Crippen LogP contribution in [0.3, 0.4) is 0 Å². The molecule has 0 fully saturated rings. The highest BCUT2D eigenvalue weighted by Gasteiger charge is 2.14. The molecule has 0 aliphatic carbocycles. The average Bonchev–Trinajstić information content (AvgIpc) is 2.31. The molecule has 0 aliphatic heterocycles. The third-order valence-corrected chi connectivity index (χ3v) is 2.71. The van der Waals surface area contributed by atoms with Crippen LogP contribution in [0.2, 0.25) is 0 Å². The van der Waals surface area contributed by atoms with Crippen molar-refractivity contribution in [3.05, 3.63) is 35.6 Å². The highest BCUT2D eigenvalue weighted by molar-refractivity contribution is 5.77. The van der Waals surface area contributed by atoms with Crippen LogP contribution in [-0.2, 0) is 4.79 Å². The molecule has 4 nitrogen and oxygen atoms in total. The van der Waals surface area contributed by atoms with E-state index >= 15 is 0 Å². The maximum atomic E-state index is 12.9. The number of hydrogen-bond acceptors (Lipinski definition) is 3. The van der Waals surface area contributed by atoms with Crippen molar-refractivity contribution in [1.29, 1.82) is 0 Å². The molecule has 0 spiro atoms. The Labute approximate surface area is 107 Å². The lowest BCUT2D eigenvalue weighted by atomic mass is 10.1. The molecule has 5 heteroatoms. The van der Waals surface area contributed by atoms with Gasteiger partial charge in [0, 0.05) is 6.54 Å². The number of halogens is 1. The molecule has 0 aliphatic rings. The smallest absolute Gasteiger partial charge is 0.234 e. The zero-order valence-corrected chi connectivity index (χ0v) is 11.0. The summed E-state index contributed by atoms with van der Waals surface area (Å²) >= 11 is 0. The van der Waals surface area contributed by atoms with Gasteiger partial charge in [0.1, 0.15) is 5.82 Å². The third-order valence-electron chi connectivity index (χ3n) is 2.71. The molecule has 18 heavy (non-hydrogen) atoms. The predicted molar refractivity (Wildman–Crippen MR) is 69.8 cm³/mol. The summed E-state index contributed by atoms with van der Waals surface area (Å²) in [6, 6.07) is 6.38. The number of carbonyl (C=O) groups is 1. The number of amides is 1. The first kappa shape index (κ1) is 14.6. The van der Waals surface area contributed by atoms with E-state index in [1.54, 1.807) is 19.2 Å². The van der Waals surface area contributed by atoms with Crippen LogP contribution in [0.25, 0.3) is 0 Å². The molecule has 1 unspecified atom stereocenters. The van der Waals surface area contributed by atoms with E-state index < -0.39 is 0 Å². The molecule has 1 aromatic carbocycles. The molecule has 0 bridgehead atoms. The first-order valence-corrected chi connectivity index (χ1v) is 5.87. The third kappa shape index (κ3) is 4.43. The Bertz CT molecular complexity index is 378. The van der Waals surface area contributed by atoms with Crippen LogP contribution in [0.4, 0.5) is 4.39 Å². The van der Waals surface area contributed by atoms with E-state index in [2.05, 4.69) is 10.6 Å². The van der Waals surface area contributed by atoms with Gasteiger partial charge in [-0.25, -0.2) is 4.39 Å². The van der Waals surface area contributed by atoms with E-state index in [0.29, 0.717) is 13.1 Å². The molecule has 1 rings (SSSR count). The van der Waals surface area contributed by atoms with Crippen LogP contribution in [0.5, 0.6) is 0 Å². The summed E-state index contributed by atoms with van der Waals surface area (Å²) in [6.45, 7) is 0.794. The van der Waals surface area contributed by atoms with Crippen molar-refractivity contribution in [3.8, 4) is 0 Å². The van der Waals surface area contributed by atoms with E-state index in [4.69, 9.17) is 0 Å². The highest BCUT2D eigenvalue weighted by atomic mass is 19.1. The summed E-state index contributed by atoms with van der Waals surface area (Å²) in [5.74, 6) is -0.304. The van der Waals surface area contributed by atoms with E-state index in [-0.39, 0.29) is 17.8 Å². The fourth-order valence-corrected chi connectivity index (χ4v) is 1.72. The van der Waals surface area contributed by atoms with Gasteiger partial charge in [-0.1, -0.05) is 12.1 Å². The number of benzene rings is 1. The predicted octanol–water partition coefficient (Wildman–Crippen LogP) is 0.764. The number of carbonyl (C=O) groups excluding carboxylic acids is 1. The lowest BCUT2D eigenvalue weighted by Crippen LogP contribution is -2.38. The van der Waals surface area contributed by atoms with Crippen molar-refractivity contribution < 1.29 is 9.18 Å². The molecule has 100 valence electrons. The van der Waals surface area contributed by atoms with Gasteiger partial charge in [-0.2, -0.15) is 0 Å². The number of likely N-dealkylation sites (N-methyl/N-ethyl adjacent to an activating group) is 2. The van der Waals surface area contributed by atoms with Crippen LogP contribution in [0, 0.1) is 5.82 Å². The minimum Gasteiger partial charge on any atom is -0.353 e. The fourth-order valence-electron chi connectivity index (χ4n) is 1.72. The summed E-state index contributed by atoms with van der Waals surface area (Å²) < 4.78 is 12.9. The Kier molecular flexibility index (Phi) is 5.74. The fraction of sp³-hybridized carbons (Fsp3) is 0.462. The molecule has 1 amide bonds. The Morgan fingerprint density at radius 1 is 1.33 bits per heavy atom. The lowest BCUT2D eigenvalue weighted by molar-refractivity contribution is -0.120. The SMILES string of the molecule is CNCC(=O)NCC(c1ccc(F)cc1)N(C)C. The molecule has 1 atom stereocenters. The number of hydrogen-bond donors (Lipinski definition) is 2. The molecule has 0 saturated heterocycles. The summed E-state index contributed by atoms with van der Waals surface area (Å²) in [7, 11) is 5.58. The maximum absolute atomic E-state index is 12.9. The highest BCUT2D eigenvalue weighted by Crippen LogP contribution is 2.17. The summed E-state index contributed by atoms with van der Waals surface area (Å²) in [6.07, 6.45) is 0. The van der Waals surface area contributed by atoms with Gasteiger partial charge in [-0.05, 0) is 38.8 Å². The molecule has 0 saturated carbocycles. The lowest BCUT2D eigenvalue weighted by Gasteiger charge is -2.25. The molecule has 1 aromatic rings. The van der Waals surface area contributed by atoms with Gasteiger partial charge < -0.3 is 15.5 Å². The monoisotopic (exact) mass is 253 g/mol.